The molecule has 1 heterocycles. The van der Waals surface area contributed by atoms with Gasteiger partial charge in [0.15, 0.2) is 5.76 Å². The number of nitrogens with zero attached hydrogens (tertiary/aromatic N) is 1. The molecule has 4 aromatic rings. The van der Waals surface area contributed by atoms with Gasteiger partial charge in [0, 0.05) is 11.1 Å². The molecule has 0 fully saturated rings. The monoisotopic (exact) mass is 502 g/mol. The lowest BCUT2D eigenvalue weighted by Gasteiger charge is -2.15. The molecule has 4 rings (SSSR count). The van der Waals surface area contributed by atoms with Crippen molar-refractivity contribution in [1.29, 1.82) is 0 Å². The zero-order chi connectivity index (χ0) is 26.4. The van der Waals surface area contributed by atoms with Crippen molar-refractivity contribution in [1.82, 2.24) is 5.16 Å². The number of benzene rings is 3. The molecule has 0 saturated heterocycles. The maximum atomic E-state index is 14.0. The van der Waals surface area contributed by atoms with E-state index in [1.807, 2.05) is 48.5 Å². The van der Waals surface area contributed by atoms with E-state index in [2.05, 4.69) is 10.5 Å². The van der Waals surface area contributed by atoms with Crippen LogP contribution in [0.4, 0.5) is 14.9 Å². The van der Waals surface area contributed by atoms with Gasteiger partial charge in [0.2, 0.25) is 0 Å². The largest absolute Gasteiger partial charge is 0.466 e. The van der Waals surface area contributed by atoms with Crippen LogP contribution in [-0.2, 0) is 20.7 Å². The first kappa shape index (κ1) is 25.6. The average Bonchev–Trinajstić information content (AvgIpc) is 3.24. The third-order valence-corrected chi connectivity index (χ3v) is 5.80. The molecule has 0 spiro atoms. The minimum absolute atomic E-state index is 0.231. The molecule has 7 nitrogen and oxygen atoms in total. The second-order valence-corrected chi connectivity index (χ2v) is 8.42. The molecule has 0 saturated carbocycles. The van der Waals surface area contributed by atoms with Gasteiger partial charge in [-0.05, 0) is 43.5 Å². The first-order chi connectivity index (χ1) is 17.9. The first-order valence-electron chi connectivity index (χ1n) is 11.9. The molecule has 1 N–H and O–H groups in total. The highest BCUT2D eigenvalue weighted by molar-refractivity contribution is 5.91. The van der Waals surface area contributed by atoms with E-state index in [1.165, 1.54) is 6.07 Å². The van der Waals surface area contributed by atoms with Crippen LogP contribution < -0.4 is 5.32 Å². The van der Waals surface area contributed by atoms with Crippen molar-refractivity contribution in [3.05, 3.63) is 95.4 Å². The minimum atomic E-state index is -0.784. The fourth-order valence-electron chi connectivity index (χ4n) is 3.88. The van der Waals surface area contributed by atoms with Gasteiger partial charge in [-0.1, -0.05) is 71.9 Å². The maximum Gasteiger partial charge on any atom is 0.412 e. The summed E-state index contributed by atoms with van der Waals surface area (Å²) >= 11 is 0. The first-order valence-corrected chi connectivity index (χ1v) is 11.9. The summed E-state index contributed by atoms with van der Waals surface area (Å²) in [6.45, 7) is 5.44. The van der Waals surface area contributed by atoms with Crippen molar-refractivity contribution in [2.24, 2.45) is 0 Å². The predicted octanol–water partition coefficient (Wildman–Crippen LogP) is 6.87. The Hall–Kier alpha value is -4.46. The number of ether oxygens (including phenoxy) is 2. The normalized spacial score (nSPS) is 11.6. The second-order valence-electron chi connectivity index (χ2n) is 8.42. The Morgan fingerprint density at radius 1 is 0.973 bits per heavy atom. The summed E-state index contributed by atoms with van der Waals surface area (Å²) in [6.07, 6.45) is -1.30. The molecule has 1 amide bonds. The number of anilines is 1. The lowest BCUT2D eigenvalue weighted by molar-refractivity contribution is -0.142. The molecule has 0 unspecified atom stereocenters. The van der Waals surface area contributed by atoms with Crippen LogP contribution in [0.1, 0.15) is 36.8 Å². The summed E-state index contributed by atoms with van der Waals surface area (Å²) in [6, 6.07) is 21.4. The van der Waals surface area contributed by atoms with Crippen molar-refractivity contribution in [2.45, 2.75) is 33.3 Å². The van der Waals surface area contributed by atoms with Gasteiger partial charge in [-0.25, -0.2) is 9.18 Å². The van der Waals surface area contributed by atoms with Crippen LogP contribution in [0.3, 0.4) is 0 Å². The van der Waals surface area contributed by atoms with E-state index in [0.29, 0.717) is 29.3 Å². The van der Waals surface area contributed by atoms with E-state index in [4.69, 9.17) is 14.0 Å². The lowest BCUT2D eigenvalue weighted by atomic mass is 10.0. The maximum absolute atomic E-state index is 14.0. The lowest BCUT2D eigenvalue weighted by Crippen LogP contribution is -2.17. The van der Waals surface area contributed by atoms with Gasteiger partial charge >= 0.3 is 12.1 Å². The number of hydrogen-bond donors (Lipinski definition) is 1. The molecule has 1 aromatic heterocycles. The molecular formula is C29H27FN2O5. The van der Waals surface area contributed by atoms with Gasteiger partial charge in [0.05, 0.1) is 13.0 Å². The molecule has 37 heavy (non-hydrogen) atoms. The van der Waals surface area contributed by atoms with E-state index < -0.39 is 18.0 Å². The van der Waals surface area contributed by atoms with Crippen molar-refractivity contribution in [3.8, 4) is 22.5 Å². The fraction of sp³-hybridized carbons (Fsp3) is 0.207. The molecule has 0 radical (unpaired) electrons. The molecule has 0 aliphatic rings. The van der Waals surface area contributed by atoms with Gasteiger partial charge in [0.25, 0.3) is 0 Å². The SMILES string of the molecule is CCOC(=O)Cc1ccc(-c2ccc(-c3onc(C)c3NC(=O)O[C@@H](C)c3ccccc3F)cc2)cc1. The molecule has 190 valence electrons. The predicted molar refractivity (Wildman–Crippen MR) is 137 cm³/mol. The summed E-state index contributed by atoms with van der Waals surface area (Å²) in [5, 5.41) is 6.66. The summed E-state index contributed by atoms with van der Waals surface area (Å²) in [5.74, 6) is -0.320. The Kier molecular flexibility index (Phi) is 7.98. The molecular weight excluding hydrogens is 475 g/mol. The molecule has 0 bridgehead atoms. The highest BCUT2D eigenvalue weighted by atomic mass is 19.1. The van der Waals surface area contributed by atoms with Gasteiger partial charge < -0.3 is 14.0 Å². The summed E-state index contributed by atoms with van der Waals surface area (Å²) < 4.78 is 29.9. The average molecular weight is 503 g/mol. The third kappa shape index (κ3) is 6.22. The van der Waals surface area contributed by atoms with Gasteiger partial charge in [-0.3, -0.25) is 10.1 Å². The Morgan fingerprint density at radius 2 is 1.59 bits per heavy atom. The summed E-state index contributed by atoms with van der Waals surface area (Å²) in [5.41, 5.74) is 4.67. The van der Waals surface area contributed by atoms with Crippen LogP contribution in [-0.4, -0.2) is 23.8 Å². The summed E-state index contributed by atoms with van der Waals surface area (Å²) in [7, 11) is 0. The number of aryl methyl sites for hydroxylation is 1. The van der Waals surface area contributed by atoms with Crippen molar-refractivity contribution in [2.75, 3.05) is 11.9 Å². The number of esters is 1. The topological polar surface area (TPSA) is 90.7 Å². The number of rotatable bonds is 8. The Bertz CT molecular complexity index is 1380. The molecule has 0 aliphatic heterocycles. The quantitative estimate of drug-likeness (QED) is 0.264. The second kappa shape index (κ2) is 11.5. The number of amides is 1. The van der Waals surface area contributed by atoms with Crippen LogP contribution in [0.25, 0.3) is 22.5 Å². The van der Waals surface area contributed by atoms with E-state index in [-0.39, 0.29) is 18.0 Å². The Balaban J connectivity index is 1.45. The van der Waals surface area contributed by atoms with Crippen LogP contribution in [0.2, 0.25) is 0 Å². The number of halogens is 1. The van der Waals surface area contributed by atoms with E-state index in [9.17, 15) is 14.0 Å². The van der Waals surface area contributed by atoms with Crippen LogP contribution in [0.15, 0.2) is 77.3 Å². The highest BCUT2D eigenvalue weighted by Gasteiger charge is 2.21. The third-order valence-electron chi connectivity index (χ3n) is 5.80. The van der Waals surface area contributed by atoms with E-state index in [1.54, 1.807) is 39.0 Å². The zero-order valence-electron chi connectivity index (χ0n) is 20.8. The standard InChI is InChI=1S/C29H27FN2O5/c1-4-35-26(33)17-20-9-11-21(12-10-20)22-13-15-23(16-14-22)28-27(18(2)32-37-28)31-29(34)36-19(3)24-7-5-6-8-25(24)30/h5-16,19H,4,17H2,1-3H3,(H,31,34)/t19-/m0/s1. The van der Waals surface area contributed by atoms with Gasteiger partial charge in [0.1, 0.15) is 23.3 Å². The smallest absolute Gasteiger partial charge is 0.412 e. The number of nitrogens with one attached hydrogen (secondary N) is 1. The molecule has 0 aliphatic carbocycles. The molecule has 1 atom stereocenters. The molecule has 3 aromatic carbocycles. The summed E-state index contributed by atoms with van der Waals surface area (Å²) in [4.78, 5) is 24.2. The van der Waals surface area contributed by atoms with Crippen molar-refractivity contribution < 1.29 is 28.0 Å². The van der Waals surface area contributed by atoms with Crippen LogP contribution in [0, 0.1) is 12.7 Å². The number of carbonyl (C=O) groups is 2. The zero-order valence-corrected chi connectivity index (χ0v) is 20.8. The van der Waals surface area contributed by atoms with Crippen LogP contribution in [0.5, 0.6) is 0 Å². The number of hydrogen-bond acceptors (Lipinski definition) is 6. The highest BCUT2D eigenvalue weighted by Crippen LogP contribution is 2.33. The van der Waals surface area contributed by atoms with Crippen LogP contribution >= 0.6 is 0 Å². The Morgan fingerprint density at radius 3 is 2.24 bits per heavy atom. The minimum Gasteiger partial charge on any atom is -0.466 e. The fourth-order valence-corrected chi connectivity index (χ4v) is 3.88. The number of carbonyl (C=O) groups excluding carboxylic acids is 2. The Labute approximate surface area is 214 Å². The van der Waals surface area contributed by atoms with Crippen molar-refractivity contribution in [3.63, 3.8) is 0 Å². The van der Waals surface area contributed by atoms with Gasteiger partial charge in [-0.2, -0.15) is 0 Å². The van der Waals surface area contributed by atoms with Crippen molar-refractivity contribution >= 4 is 17.7 Å². The van der Waals surface area contributed by atoms with E-state index >= 15 is 0 Å². The van der Waals surface area contributed by atoms with Gasteiger partial charge in [-0.15, -0.1) is 0 Å². The number of aromatic nitrogens is 1. The van der Waals surface area contributed by atoms with E-state index in [0.717, 1.165) is 16.7 Å². The molecule has 8 heteroatoms.